The minimum Gasteiger partial charge on any atom is -0.444 e. The zero-order valence-corrected chi connectivity index (χ0v) is 11.7. The van der Waals surface area contributed by atoms with Gasteiger partial charge >= 0.3 is 6.09 Å². The smallest absolute Gasteiger partial charge is 0.407 e. The van der Waals surface area contributed by atoms with Crippen LogP contribution in [-0.4, -0.2) is 27.9 Å². The van der Waals surface area contributed by atoms with Crippen molar-refractivity contribution in [2.24, 2.45) is 0 Å². The molecular weight excluding hydrogens is 254 g/mol. The van der Waals surface area contributed by atoms with Crippen LogP contribution < -0.4 is 10.9 Å². The molecule has 0 aliphatic carbocycles. The van der Waals surface area contributed by atoms with Crippen molar-refractivity contribution < 1.29 is 9.53 Å². The number of aromatic nitrogens is 2. The number of hydrogen-bond acceptors (Lipinski definition) is 5. The summed E-state index contributed by atoms with van der Waals surface area (Å²) in [6, 6.07) is 1.34. The van der Waals surface area contributed by atoms with Crippen LogP contribution in [0.4, 0.5) is 4.79 Å². The van der Waals surface area contributed by atoms with Crippen LogP contribution in [0.15, 0.2) is 16.0 Å². The van der Waals surface area contributed by atoms with E-state index in [4.69, 9.17) is 4.74 Å². The number of nitrogens with one attached hydrogen (secondary N) is 2. The standard InChI is InChI=1S/C11H17N3O3S/c1-11(2,3)17-10(16)12-6-7-5-8(15)14-9(13-7)18-4/h5H,6H2,1-4H3,(H,12,16)(H,13,14,15). The van der Waals surface area contributed by atoms with Gasteiger partial charge < -0.3 is 15.0 Å². The van der Waals surface area contributed by atoms with E-state index in [0.717, 1.165) is 0 Å². The van der Waals surface area contributed by atoms with Gasteiger partial charge in [0.1, 0.15) is 5.60 Å². The lowest BCUT2D eigenvalue weighted by atomic mass is 10.2. The molecule has 0 unspecified atom stereocenters. The number of ether oxygens (including phenoxy) is 1. The van der Waals surface area contributed by atoms with E-state index in [1.807, 2.05) is 6.26 Å². The van der Waals surface area contributed by atoms with Crippen molar-refractivity contribution in [2.45, 2.75) is 38.1 Å². The Morgan fingerprint density at radius 2 is 2.22 bits per heavy atom. The van der Waals surface area contributed by atoms with Gasteiger partial charge in [-0.05, 0) is 27.0 Å². The van der Waals surface area contributed by atoms with Gasteiger partial charge in [-0.1, -0.05) is 11.8 Å². The number of H-pyrrole nitrogens is 1. The summed E-state index contributed by atoms with van der Waals surface area (Å²) < 4.78 is 5.08. The van der Waals surface area contributed by atoms with Crippen molar-refractivity contribution in [1.29, 1.82) is 0 Å². The normalized spacial score (nSPS) is 11.1. The number of nitrogens with zero attached hydrogens (tertiary/aromatic N) is 1. The second kappa shape index (κ2) is 5.90. The van der Waals surface area contributed by atoms with E-state index >= 15 is 0 Å². The van der Waals surface area contributed by atoms with E-state index in [1.165, 1.54) is 17.8 Å². The van der Waals surface area contributed by atoms with Crippen molar-refractivity contribution >= 4 is 17.9 Å². The Labute approximate surface area is 110 Å². The molecule has 0 fully saturated rings. The van der Waals surface area contributed by atoms with Crippen LogP contribution in [0, 0.1) is 0 Å². The summed E-state index contributed by atoms with van der Waals surface area (Å²) in [6.45, 7) is 5.50. The highest BCUT2D eigenvalue weighted by atomic mass is 32.2. The first-order valence-corrected chi connectivity index (χ1v) is 6.64. The maximum Gasteiger partial charge on any atom is 0.407 e. The summed E-state index contributed by atoms with van der Waals surface area (Å²) >= 11 is 1.33. The van der Waals surface area contributed by atoms with E-state index in [2.05, 4.69) is 15.3 Å². The number of carbonyl (C=O) groups excluding carboxylic acids is 1. The first kappa shape index (κ1) is 14.6. The highest BCUT2D eigenvalue weighted by Crippen LogP contribution is 2.07. The molecule has 1 rings (SSSR count). The zero-order chi connectivity index (χ0) is 13.8. The van der Waals surface area contributed by atoms with Gasteiger partial charge in [-0.2, -0.15) is 0 Å². The molecule has 7 heteroatoms. The van der Waals surface area contributed by atoms with Crippen LogP contribution in [0.2, 0.25) is 0 Å². The quantitative estimate of drug-likeness (QED) is 0.643. The minimum absolute atomic E-state index is 0.159. The minimum atomic E-state index is -0.546. The van der Waals surface area contributed by atoms with Gasteiger partial charge in [-0.25, -0.2) is 9.78 Å². The number of alkyl carbamates (subject to hydrolysis) is 1. The number of hydrogen-bond donors (Lipinski definition) is 2. The van der Waals surface area contributed by atoms with Crippen molar-refractivity contribution in [3.63, 3.8) is 0 Å². The van der Waals surface area contributed by atoms with Gasteiger partial charge in [-0.15, -0.1) is 0 Å². The monoisotopic (exact) mass is 271 g/mol. The van der Waals surface area contributed by atoms with Gasteiger partial charge in [-0.3, -0.25) is 4.79 Å². The average Bonchev–Trinajstić information content (AvgIpc) is 2.23. The van der Waals surface area contributed by atoms with E-state index in [1.54, 1.807) is 20.8 Å². The van der Waals surface area contributed by atoms with Crippen LogP contribution in [0.3, 0.4) is 0 Å². The van der Waals surface area contributed by atoms with E-state index in [0.29, 0.717) is 10.9 Å². The van der Waals surface area contributed by atoms with Crippen LogP contribution in [0.1, 0.15) is 26.5 Å². The second-order valence-corrected chi connectivity index (χ2v) is 5.40. The molecule has 0 saturated heterocycles. The van der Waals surface area contributed by atoms with Crippen LogP contribution in [-0.2, 0) is 11.3 Å². The zero-order valence-electron chi connectivity index (χ0n) is 10.9. The van der Waals surface area contributed by atoms with Crippen LogP contribution >= 0.6 is 11.8 Å². The fourth-order valence-corrected chi connectivity index (χ4v) is 1.56. The van der Waals surface area contributed by atoms with Crippen molar-refractivity contribution in [1.82, 2.24) is 15.3 Å². The molecule has 0 aliphatic rings. The first-order chi connectivity index (χ1) is 8.30. The van der Waals surface area contributed by atoms with Gasteiger partial charge in [0.25, 0.3) is 5.56 Å². The fourth-order valence-electron chi connectivity index (χ4n) is 1.15. The molecule has 1 aromatic rings. The molecule has 1 amide bonds. The second-order valence-electron chi connectivity index (χ2n) is 4.60. The molecule has 2 N–H and O–H groups in total. The summed E-state index contributed by atoms with van der Waals surface area (Å²) in [6.07, 6.45) is 1.28. The molecule has 6 nitrogen and oxygen atoms in total. The highest BCUT2D eigenvalue weighted by Gasteiger charge is 2.15. The topological polar surface area (TPSA) is 84.1 Å². The molecule has 0 bridgehead atoms. The molecule has 1 heterocycles. The highest BCUT2D eigenvalue weighted by molar-refractivity contribution is 7.98. The summed E-state index contributed by atoms with van der Waals surface area (Å²) in [4.78, 5) is 29.4. The third kappa shape index (κ3) is 5.22. The molecule has 0 radical (unpaired) electrons. The fraction of sp³-hybridized carbons (Fsp3) is 0.545. The van der Waals surface area contributed by atoms with Crippen molar-refractivity contribution in [3.8, 4) is 0 Å². The summed E-state index contributed by atoms with van der Waals surface area (Å²) in [5.41, 5.74) is -0.292. The predicted molar refractivity (Wildman–Crippen MR) is 69.7 cm³/mol. The van der Waals surface area contributed by atoms with E-state index < -0.39 is 11.7 Å². The Balaban J connectivity index is 2.61. The SMILES string of the molecule is CSc1nc(CNC(=O)OC(C)(C)C)cc(=O)[nH]1. The molecular formula is C11H17N3O3S. The molecule has 0 aromatic carbocycles. The molecule has 100 valence electrons. The molecule has 0 atom stereocenters. The molecule has 0 saturated carbocycles. The van der Waals surface area contributed by atoms with E-state index in [9.17, 15) is 9.59 Å². The van der Waals surface area contributed by atoms with Crippen LogP contribution in [0.25, 0.3) is 0 Å². The summed E-state index contributed by atoms with van der Waals surface area (Å²) in [5, 5.41) is 3.07. The lowest BCUT2D eigenvalue weighted by Crippen LogP contribution is -2.32. The lowest BCUT2D eigenvalue weighted by Gasteiger charge is -2.19. The number of aromatic amines is 1. The summed E-state index contributed by atoms with van der Waals surface area (Å²) in [5.74, 6) is 0. The lowest BCUT2D eigenvalue weighted by molar-refractivity contribution is 0.0523. The molecule has 1 aromatic heterocycles. The summed E-state index contributed by atoms with van der Waals surface area (Å²) in [7, 11) is 0. The Bertz CT molecular complexity index is 479. The molecule has 0 spiro atoms. The average molecular weight is 271 g/mol. The van der Waals surface area contributed by atoms with Gasteiger partial charge in [0, 0.05) is 6.07 Å². The first-order valence-electron chi connectivity index (χ1n) is 5.41. The van der Waals surface area contributed by atoms with Gasteiger partial charge in [0.2, 0.25) is 0 Å². The number of carbonyl (C=O) groups is 1. The number of rotatable bonds is 3. The molecule has 0 aliphatic heterocycles. The van der Waals surface area contributed by atoms with Crippen LogP contribution in [0.5, 0.6) is 0 Å². The van der Waals surface area contributed by atoms with Crippen molar-refractivity contribution in [2.75, 3.05) is 6.26 Å². The van der Waals surface area contributed by atoms with Crippen molar-refractivity contribution in [3.05, 3.63) is 22.1 Å². The van der Waals surface area contributed by atoms with Gasteiger partial charge in [0.15, 0.2) is 5.16 Å². The third-order valence-electron chi connectivity index (χ3n) is 1.78. The Morgan fingerprint density at radius 1 is 1.56 bits per heavy atom. The predicted octanol–water partition coefficient (Wildman–Crippen LogP) is 1.52. The number of amides is 1. The Hall–Kier alpha value is -1.50. The maximum absolute atomic E-state index is 11.4. The third-order valence-corrected chi connectivity index (χ3v) is 2.36. The largest absolute Gasteiger partial charge is 0.444 e. The Morgan fingerprint density at radius 3 is 2.78 bits per heavy atom. The number of thioether (sulfide) groups is 1. The van der Waals surface area contributed by atoms with Gasteiger partial charge in [0.05, 0.1) is 12.2 Å². The maximum atomic E-state index is 11.4. The Kier molecular flexibility index (Phi) is 4.77. The molecule has 18 heavy (non-hydrogen) atoms. The van der Waals surface area contributed by atoms with E-state index in [-0.39, 0.29) is 12.1 Å².